The smallest absolute Gasteiger partial charge is 0.406 e. The number of amides is 1. The number of anilines is 2. The van der Waals surface area contributed by atoms with Gasteiger partial charge in [0.05, 0.1) is 49.3 Å². The predicted octanol–water partition coefficient (Wildman–Crippen LogP) is 4.97. The van der Waals surface area contributed by atoms with Crippen LogP contribution in [-0.2, 0) is 11.3 Å². The van der Waals surface area contributed by atoms with E-state index in [9.17, 15) is 22.4 Å². The van der Waals surface area contributed by atoms with Gasteiger partial charge >= 0.3 is 6.18 Å². The summed E-state index contributed by atoms with van der Waals surface area (Å²) < 4.78 is 67.0. The van der Waals surface area contributed by atoms with E-state index in [1.165, 1.54) is 17.7 Å². The molecule has 1 spiro atoms. The van der Waals surface area contributed by atoms with Gasteiger partial charge in [0.15, 0.2) is 0 Å². The van der Waals surface area contributed by atoms with Crippen LogP contribution in [0.2, 0.25) is 0 Å². The summed E-state index contributed by atoms with van der Waals surface area (Å²) in [6.45, 7) is 2.79. The maximum Gasteiger partial charge on any atom is 0.406 e. The lowest BCUT2D eigenvalue weighted by Gasteiger charge is -2.58. The van der Waals surface area contributed by atoms with Gasteiger partial charge in [0.25, 0.3) is 5.91 Å². The molecular formula is C32H35F4N5O3. The number of nitrogens with two attached hydrogens (primary N) is 1. The molecule has 3 aliphatic rings. The molecule has 0 atom stereocenters. The third kappa shape index (κ3) is 6.16. The topological polar surface area (TPSA) is 93.8 Å². The van der Waals surface area contributed by atoms with Gasteiger partial charge in [-0.3, -0.25) is 9.69 Å². The number of ether oxygens (including phenoxy) is 2. The van der Waals surface area contributed by atoms with Crippen LogP contribution >= 0.6 is 0 Å². The number of nitrogens with one attached hydrogen (secondary N) is 2. The van der Waals surface area contributed by atoms with Crippen LogP contribution in [0.3, 0.4) is 0 Å². The van der Waals surface area contributed by atoms with Crippen molar-refractivity contribution < 1.29 is 31.8 Å². The summed E-state index contributed by atoms with van der Waals surface area (Å²) in [6.07, 6.45) is -0.288. The maximum absolute atomic E-state index is 14.3. The molecule has 1 saturated carbocycles. The molecule has 1 amide bonds. The lowest BCUT2D eigenvalue weighted by atomic mass is 9.75. The van der Waals surface area contributed by atoms with E-state index in [-0.39, 0.29) is 35.3 Å². The minimum absolute atomic E-state index is 0.0151. The average Bonchev–Trinajstić information content (AvgIpc) is 3.27. The summed E-state index contributed by atoms with van der Waals surface area (Å²) in [7, 11) is 1.35. The molecule has 3 aromatic rings. The fourth-order valence-electron chi connectivity index (χ4n) is 6.64. The fraction of sp³-hybridized carbons (Fsp3) is 0.469. The number of hydrogen-bond acceptors (Lipinski definition) is 6. The zero-order valence-corrected chi connectivity index (χ0v) is 24.4. The van der Waals surface area contributed by atoms with Gasteiger partial charge in [0, 0.05) is 47.7 Å². The van der Waals surface area contributed by atoms with Crippen molar-refractivity contribution in [3.8, 4) is 17.6 Å². The number of carbonyl (C=O) groups excluding carboxylic acids is 1. The molecule has 3 heterocycles. The Kier molecular flexibility index (Phi) is 8.11. The highest BCUT2D eigenvalue weighted by Crippen LogP contribution is 2.41. The number of fused-ring (bicyclic) bond motifs is 1. The largest absolute Gasteiger partial charge is 0.495 e. The highest BCUT2D eigenvalue weighted by molar-refractivity contribution is 5.95. The number of hydrogen-bond donors (Lipinski definition) is 3. The number of likely N-dealkylation sites (tertiary alicyclic amines) is 1. The van der Waals surface area contributed by atoms with E-state index >= 15 is 0 Å². The number of aromatic nitrogens is 1. The van der Waals surface area contributed by atoms with Crippen molar-refractivity contribution >= 4 is 28.2 Å². The quantitative estimate of drug-likeness (QED) is 0.246. The molecule has 12 heteroatoms. The highest BCUT2D eigenvalue weighted by Gasteiger charge is 2.50. The first-order valence-electron chi connectivity index (χ1n) is 14.7. The van der Waals surface area contributed by atoms with Gasteiger partial charge in [-0.25, -0.2) is 4.39 Å². The molecule has 44 heavy (non-hydrogen) atoms. The van der Waals surface area contributed by atoms with Crippen molar-refractivity contribution in [2.75, 3.05) is 50.6 Å². The van der Waals surface area contributed by atoms with Crippen LogP contribution in [0.4, 0.5) is 28.9 Å². The van der Waals surface area contributed by atoms with E-state index in [1.54, 1.807) is 18.2 Å². The number of methoxy groups -OCH3 is 1. The molecule has 8 nitrogen and oxygen atoms in total. The van der Waals surface area contributed by atoms with E-state index in [4.69, 9.17) is 15.2 Å². The summed E-state index contributed by atoms with van der Waals surface area (Å²) >= 11 is 0. The monoisotopic (exact) mass is 613 g/mol. The average molecular weight is 614 g/mol. The number of carbonyl (C=O) groups is 1. The zero-order valence-electron chi connectivity index (χ0n) is 24.4. The molecule has 2 aliphatic heterocycles. The molecule has 4 N–H and O–H groups in total. The molecule has 2 aromatic carbocycles. The normalized spacial score (nSPS) is 21.2. The summed E-state index contributed by atoms with van der Waals surface area (Å²) in [5, 5.41) is 7.18. The Labute approximate surface area is 252 Å². The molecule has 0 radical (unpaired) electrons. The summed E-state index contributed by atoms with van der Waals surface area (Å²) in [6, 6.07) is 10.1. The second-order valence-corrected chi connectivity index (χ2v) is 12.1. The van der Waals surface area contributed by atoms with Gasteiger partial charge in [-0.05, 0) is 55.9 Å². The Morgan fingerprint density at radius 3 is 2.52 bits per heavy atom. The highest BCUT2D eigenvalue weighted by atomic mass is 19.4. The molecule has 1 aromatic heterocycles. The summed E-state index contributed by atoms with van der Waals surface area (Å²) in [4.78, 5) is 14.0. The van der Waals surface area contributed by atoms with Gasteiger partial charge in [0.1, 0.15) is 18.1 Å². The molecule has 0 unspecified atom stereocenters. The SMILES string of the molecule is COc1cc(C(N)=O)c(F)cc1NCC#Cc1cc2c(NC3CCC(N4CC5(COC5)C4)CC3)cccc2n1CC(F)(F)F. The number of rotatable bonds is 8. The van der Waals surface area contributed by atoms with Crippen molar-refractivity contribution in [3.05, 3.63) is 53.5 Å². The van der Waals surface area contributed by atoms with E-state index in [1.807, 2.05) is 6.07 Å². The van der Waals surface area contributed by atoms with Gasteiger partial charge < -0.3 is 30.4 Å². The number of benzene rings is 2. The Morgan fingerprint density at radius 1 is 1.14 bits per heavy atom. The molecule has 3 fully saturated rings. The predicted molar refractivity (Wildman–Crippen MR) is 159 cm³/mol. The third-order valence-electron chi connectivity index (χ3n) is 8.89. The molecule has 6 rings (SSSR count). The number of nitrogens with zero attached hydrogens (tertiary/aromatic N) is 2. The minimum Gasteiger partial charge on any atom is -0.495 e. The maximum atomic E-state index is 14.3. The van der Waals surface area contributed by atoms with Crippen molar-refractivity contribution in [3.63, 3.8) is 0 Å². The van der Waals surface area contributed by atoms with E-state index in [2.05, 4.69) is 27.4 Å². The van der Waals surface area contributed by atoms with Crippen LogP contribution in [0.15, 0.2) is 36.4 Å². The first-order valence-corrected chi connectivity index (χ1v) is 14.7. The minimum atomic E-state index is -4.45. The van der Waals surface area contributed by atoms with Gasteiger partial charge in [0.2, 0.25) is 0 Å². The zero-order chi connectivity index (χ0) is 31.1. The van der Waals surface area contributed by atoms with Crippen molar-refractivity contribution in [1.29, 1.82) is 0 Å². The van der Waals surface area contributed by atoms with Crippen LogP contribution in [0.5, 0.6) is 5.75 Å². The van der Waals surface area contributed by atoms with Crippen LogP contribution < -0.4 is 21.1 Å². The Balaban J connectivity index is 1.16. The van der Waals surface area contributed by atoms with Gasteiger partial charge in [-0.1, -0.05) is 12.0 Å². The number of alkyl halides is 3. The first kappa shape index (κ1) is 30.1. The Hall–Kier alpha value is -3.95. The molecule has 2 saturated heterocycles. The number of halogens is 4. The first-order chi connectivity index (χ1) is 21.0. The van der Waals surface area contributed by atoms with Gasteiger partial charge in [-0.2, -0.15) is 13.2 Å². The van der Waals surface area contributed by atoms with E-state index in [0.717, 1.165) is 63.7 Å². The van der Waals surface area contributed by atoms with Crippen LogP contribution in [0.25, 0.3) is 10.9 Å². The van der Waals surface area contributed by atoms with Crippen molar-refractivity contribution in [2.24, 2.45) is 11.1 Å². The lowest BCUT2D eigenvalue weighted by Crippen LogP contribution is -2.68. The molecule has 0 bridgehead atoms. The Bertz CT molecular complexity index is 1610. The molecular weight excluding hydrogens is 578 g/mol. The second-order valence-electron chi connectivity index (χ2n) is 12.1. The summed E-state index contributed by atoms with van der Waals surface area (Å²) in [5.41, 5.74) is 6.95. The van der Waals surface area contributed by atoms with Crippen LogP contribution in [0, 0.1) is 23.1 Å². The number of primary amides is 1. The van der Waals surface area contributed by atoms with E-state index < -0.39 is 24.4 Å². The third-order valence-corrected chi connectivity index (χ3v) is 8.89. The van der Waals surface area contributed by atoms with Crippen molar-refractivity contribution in [2.45, 2.75) is 50.5 Å². The van der Waals surface area contributed by atoms with E-state index in [0.29, 0.717) is 22.4 Å². The Morgan fingerprint density at radius 2 is 1.89 bits per heavy atom. The van der Waals surface area contributed by atoms with Gasteiger partial charge in [-0.15, -0.1) is 0 Å². The molecule has 234 valence electrons. The van der Waals surface area contributed by atoms with Crippen LogP contribution in [-0.4, -0.2) is 73.6 Å². The lowest BCUT2D eigenvalue weighted by molar-refractivity contribution is -0.200. The molecule has 1 aliphatic carbocycles. The standard InChI is InChI=1S/C32H35F4N5O3/c1-43-29-13-23(30(37)42)25(33)14-27(29)38-11-3-4-22-12-24-26(5-2-6-28(24)41(22)17-32(34,35)36)39-20-7-9-21(10-8-20)40-15-31(16-40)18-44-19-31/h2,5-6,12-14,20-21,38-39H,7-11,15-19H2,1H3,(H2,37,42). The second kappa shape index (κ2) is 11.9. The van der Waals surface area contributed by atoms with Crippen molar-refractivity contribution in [1.82, 2.24) is 9.47 Å². The van der Waals surface area contributed by atoms with Crippen LogP contribution in [0.1, 0.15) is 41.7 Å². The fourth-order valence-corrected chi connectivity index (χ4v) is 6.64. The summed E-state index contributed by atoms with van der Waals surface area (Å²) in [5.74, 6) is 4.11.